The van der Waals surface area contributed by atoms with Gasteiger partial charge in [0.15, 0.2) is 0 Å². The Morgan fingerprint density at radius 2 is 1.80 bits per heavy atom. The zero-order valence-electron chi connectivity index (χ0n) is 11.6. The highest BCUT2D eigenvalue weighted by Crippen LogP contribution is 2.17. The molecule has 1 aromatic carbocycles. The number of esters is 2. The Morgan fingerprint density at radius 3 is 2.40 bits per heavy atom. The lowest BCUT2D eigenvalue weighted by atomic mass is 10.1. The first-order chi connectivity index (χ1) is 9.49. The molecule has 1 amide bonds. The summed E-state index contributed by atoms with van der Waals surface area (Å²) in [5, 5.41) is 2.59. The van der Waals surface area contributed by atoms with Gasteiger partial charge in [-0.3, -0.25) is 9.59 Å². The van der Waals surface area contributed by atoms with Gasteiger partial charge in [0.05, 0.1) is 31.4 Å². The third-order valence-corrected chi connectivity index (χ3v) is 2.70. The molecule has 1 unspecified atom stereocenters. The molecule has 0 fully saturated rings. The minimum Gasteiger partial charge on any atom is -0.469 e. The number of methoxy groups -OCH3 is 2. The zero-order valence-corrected chi connectivity index (χ0v) is 11.6. The number of amides is 1. The monoisotopic (exact) mass is 279 g/mol. The average molecular weight is 279 g/mol. The van der Waals surface area contributed by atoms with Gasteiger partial charge in [0.25, 0.3) is 0 Å². The lowest BCUT2D eigenvalue weighted by Gasteiger charge is -2.11. The molecule has 0 bridgehead atoms. The van der Waals surface area contributed by atoms with Crippen molar-refractivity contribution < 1.29 is 23.9 Å². The second-order valence-corrected chi connectivity index (χ2v) is 4.21. The topological polar surface area (TPSA) is 81.7 Å². The number of hydrogen-bond acceptors (Lipinski definition) is 5. The van der Waals surface area contributed by atoms with Crippen molar-refractivity contribution in [3.05, 3.63) is 29.8 Å². The molecule has 108 valence electrons. The van der Waals surface area contributed by atoms with E-state index >= 15 is 0 Å². The highest BCUT2D eigenvalue weighted by molar-refractivity contribution is 6.01. The Balaban J connectivity index is 2.76. The summed E-state index contributed by atoms with van der Waals surface area (Å²) in [5.74, 6) is -1.92. The minimum atomic E-state index is -0.551. The fourth-order valence-corrected chi connectivity index (χ4v) is 1.64. The first kappa shape index (κ1) is 15.7. The highest BCUT2D eigenvalue weighted by Gasteiger charge is 2.19. The summed E-state index contributed by atoms with van der Waals surface area (Å²) in [6.07, 6.45) is -0.0256. The van der Waals surface area contributed by atoms with Crippen LogP contribution in [0.2, 0.25) is 0 Å². The van der Waals surface area contributed by atoms with Gasteiger partial charge in [-0.1, -0.05) is 19.1 Å². The number of anilines is 1. The summed E-state index contributed by atoms with van der Waals surface area (Å²) >= 11 is 0. The molecule has 0 aliphatic carbocycles. The van der Waals surface area contributed by atoms with Crippen LogP contribution >= 0.6 is 0 Å². The highest BCUT2D eigenvalue weighted by atomic mass is 16.5. The molecule has 1 aromatic rings. The van der Waals surface area contributed by atoms with Crippen LogP contribution in [-0.2, 0) is 19.1 Å². The molecule has 1 rings (SSSR count). The number of para-hydroxylation sites is 1. The van der Waals surface area contributed by atoms with Crippen LogP contribution in [0.3, 0.4) is 0 Å². The van der Waals surface area contributed by atoms with E-state index in [1.807, 2.05) is 0 Å². The Bertz CT molecular complexity index is 512. The lowest BCUT2D eigenvalue weighted by molar-refractivity contribution is -0.146. The number of benzene rings is 1. The summed E-state index contributed by atoms with van der Waals surface area (Å²) in [6.45, 7) is 1.59. The fourth-order valence-electron chi connectivity index (χ4n) is 1.64. The number of rotatable bonds is 5. The van der Waals surface area contributed by atoms with Crippen molar-refractivity contribution in [2.24, 2.45) is 5.92 Å². The number of ether oxygens (including phenoxy) is 2. The van der Waals surface area contributed by atoms with Crippen molar-refractivity contribution in [2.75, 3.05) is 19.5 Å². The molecule has 0 radical (unpaired) electrons. The van der Waals surface area contributed by atoms with E-state index in [1.54, 1.807) is 31.2 Å². The van der Waals surface area contributed by atoms with Gasteiger partial charge >= 0.3 is 11.9 Å². The van der Waals surface area contributed by atoms with E-state index in [-0.39, 0.29) is 17.9 Å². The van der Waals surface area contributed by atoms with Gasteiger partial charge in [-0.15, -0.1) is 0 Å². The van der Waals surface area contributed by atoms with Crippen molar-refractivity contribution in [1.29, 1.82) is 0 Å². The third-order valence-electron chi connectivity index (χ3n) is 2.70. The average Bonchev–Trinajstić information content (AvgIpc) is 2.45. The van der Waals surface area contributed by atoms with E-state index in [1.165, 1.54) is 14.2 Å². The predicted octanol–water partition coefficient (Wildman–Crippen LogP) is 1.61. The molecule has 0 saturated carbocycles. The van der Waals surface area contributed by atoms with Crippen LogP contribution in [0.15, 0.2) is 24.3 Å². The maximum Gasteiger partial charge on any atom is 0.339 e. The van der Waals surface area contributed by atoms with Gasteiger partial charge in [0.1, 0.15) is 0 Å². The van der Waals surface area contributed by atoms with Crippen LogP contribution in [0.25, 0.3) is 0 Å². The minimum absolute atomic E-state index is 0.0256. The molecule has 6 heteroatoms. The summed E-state index contributed by atoms with van der Waals surface area (Å²) in [7, 11) is 2.53. The van der Waals surface area contributed by atoms with E-state index in [0.717, 1.165) is 0 Å². The maximum atomic E-state index is 11.8. The Hall–Kier alpha value is -2.37. The molecule has 20 heavy (non-hydrogen) atoms. The predicted molar refractivity (Wildman–Crippen MR) is 72.2 cm³/mol. The standard InChI is InChI=1S/C14H17NO5/c1-9(13(17)19-2)8-12(16)15-11-7-5-4-6-10(11)14(18)20-3/h4-7,9H,8H2,1-3H3,(H,15,16). The largest absolute Gasteiger partial charge is 0.469 e. The van der Waals surface area contributed by atoms with Crippen molar-refractivity contribution in [2.45, 2.75) is 13.3 Å². The van der Waals surface area contributed by atoms with Crippen molar-refractivity contribution in [3.63, 3.8) is 0 Å². The van der Waals surface area contributed by atoms with Gasteiger partial charge in [-0.2, -0.15) is 0 Å². The summed E-state index contributed by atoms with van der Waals surface area (Å²) in [6, 6.07) is 6.49. The number of nitrogens with one attached hydrogen (secondary N) is 1. The molecule has 0 aromatic heterocycles. The maximum absolute atomic E-state index is 11.8. The van der Waals surface area contributed by atoms with Gasteiger partial charge in [0.2, 0.25) is 5.91 Å². The van der Waals surface area contributed by atoms with Crippen molar-refractivity contribution in [3.8, 4) is 0 Å². The van der Waals surface area contributed by atoms with Gasteiger partial charge < -0.3 is 14.8 Å². The van der Waals surface area contributed by atoms with Crippen LogP contribution in [-0.4, -0.2) is 32.1 Å². The van der Waals surface area contributed by atoms with Crippen LogP contribution in [0.5, 0.6) is 0 Å². The Labute approximate surface area is 117 Å². The summed E-state index contributed by atoms with van der Waals surface area (Å²) in [4.78, 5) is 34.6. The Kier molecular flexibility index (Phi) is 5.71. The van der Waals surface area contributed by atoms with Crippen LogP contribution in [0.1, 0.15) is 23.7 Å². The molecule has 0 heterocycles. The molecule has 1 atom stereocenters. The molecule has 0 spiro atoms. The normalized spacial score (nSPS) is 11.3. The second kappa shape index (κ2) is 7.28. The smallest absolute Gasteiger partial charge is 0.339 e. The van der Waals surface area contributed by atoms with E-state index < -0.39 is 17.9 Å². The SMILES string of the molecule is COC(=O)c1ccccc1NC(=O)CC(C)C(=O)OC. The summed E-state index contributed by atoms with van der Waals surface area (Å²) < 4.78 is 9.18. The van der Waals surface area contributed by atoms with Gasteiger partial charge in [-0.25, -0.2) is 4.79 Å². The van der Waals surface area contributed by atoms with Gasteiger partial charge in [-0.05, 0) is 12.1 Å². The third kappa shape index (κ3) is 4.08. The first-order valence-corrected chi connectivity index (χ1v) is 6.04. The summed E-state index contributed by atoms with van der Waals surface area (Å²) in [5.41, 5.74) is 0.607. The molecular weight excluding hydrogens is 262 g/mol. The second-order valence-electron chi connectivity index (χ2n) is 4.21. The lowest BCUT2D eigenvalue weighted by Crippen LogP contribution is -2.22. The molecule has 6 nitrogen and oxygen atoms in total. The Morgan fingerprint density at radius 1 is 1.15 bits per heavy atom. The van der Waals surface area contributed by atoms with E-state index in [9.17, 15) is 14.4 Å². The molecule has 0 saturated heterocycles. The van der Waals surface area contributed by atoms with Gasteiger partial charge in [0, 0.05) is 6.42 Å². The molecular formula is C14H17NO5. The number of carbonyl (C=O) groups is 3. The van der Waals surface area contributed by atoms with Crippen molar-refractivity contribution in [1.82, 2.24) is 0 Å². The zero-order chi connectivity index (χ0) is 15.1. The number of carbonyl (C=O) groups excluding carboxylic acids is 3. The van der Waals surface area contributed by atoms with E-state index in [2.05, 4.69) is 14.8 Å². The first-order valence-electron chi connectivity index (χ1n) is 6.04. The van der Waals surface area contributed by atoms with Crippen molar-refractivity contribution >= 4 is 23.5 Å². The van der Waals surface area contributed by atoms with E-state index in [4.69, 9.17) is 0 Å². The molecule has 0 aliphatic heterocycles. The van der Waals surface area contributed by atoms with E-state index in [0.29, 0.717) is 5.69 Å². The fraction of sp³-hybridized carbons (Fsp3) is 0.357. The van der Waals surface area contributed by atoms with Crippen LogP contribution < -0.4 is 5.32 Å². The number of hydrogen-bond donors (Lipinski definition) is 1. The molecule has 1 N–H and O–H groups in total. The van der Waals surface area contributed by atoms with Crippen LogP contribution in [0, 0.1) is 5.92 Å². The van der Waals surface area contributed by atoms with Crippen LogP contribution in [0.4, 0.5) is 5.69 Å². The quantitative estimate of drug-likeness (QED) is 0.828. The molecule has 0 aliphatic rings.